The van der Waals surface area contributed by atoms with Crippen LogP contribution >= 0.6 is 0 Å². The first-order valence-corrected chi connectivity index (χ1v) is 9.29. The quantitative estimate of drug-likeness (QED) is 0.668. The van der Waals surface area contributed by atoms with E-state index in [4.69, 9.17) is 9.47 Å². The van der Waals surface area contributed by atoms with Crippen LogP contribution in [0.1, 0.15) is 16.8 Å². The number of benzene rings is 2. The Morgan fingerprint density at radius 3 is 2.48 bits per heavy atom. The van der Waals surface area contributed by atoms with Crippen LogP contribution in [0.3, 0.4) is 0 Å². The lowest BCUT2D eigenvalue weighted by Gasteiger charge is -2.31. The molecule has 5 nitrogen and oxygen atoms in total. The van der Waals surface area contributed by atoms with E-state index in [1.807, 2.05) is 37.3 Å². The van der Waals surface area contributed by atoms with Crippen LogP contribution in [0.4, 0.5) is 5.95 Å². The molecule has 2 heterocycles. The van der Waals surface area contributed by atoms with E-state index < -0.39 is 0 Å². The molecule has 0 spiro atoms. The molecule has 0 N–H and O–H groups in total. The van der Waals surface area contributed by atoms with Gasteiger partial charge in [0.05, 0.1) is 24.9 Å². The summed E-state index contributed by atoms with van der Waals surface area (Å²) in [6.07, 6.45) is 2.24. The van der Waals surface area contributed by atoms with Gasteiger partial charge >= 0.3 is 0 Å². The lowest BCUT2D eigenvalue weighted by atomic mass is 10.2. The Bertz CT molecular complexity index is 874. The highest BCUT2D eigenvalue weighted by Crippen LogP contribution is 2.21. The number of fused-ring (bicyclic) bond motifs is 1. The van der Waals surface area contributed by atoms with Crippen LogP contribution in [0.15, 0.2) is 60.8 Å². The van der Waals surface area contributed by atoms with Crippen molar-refractivity contribution >= 4 is 5.95 Å². The summed E-state index contributed by atoms with van der Waals surface area (Å²) in [5.74, 6) is 1.89. The molecule has 0 fully saturated rings. The molecule has 1 aliphatic rings. The second-order valence-corrected chi connectivity index (χ2v) is 7.07. The maximum absolute atomic E-state index is 6.14. The zero-order valence-electron chi connectivity index (χ0n) is 15.8. The first kappa shape index (κ1) is 17.6. The molecule has 140 valence electrons. The molecule has 27 heavy (non-hydrogen) atoms. The van der Waals surface area contributed by atoms with Gasteiger partial charge in [-0.1, -0.05) is 42.5 Å². The van der Waals surface area contributed by atoms with E-state index in [0.29, 0.717) is 13.2 Å². The van der Waals surface area contributed by atoms with Crippen LogP contribution < -0.4 is 9.64 Å². The van der Waals surface area contributed by atoms with Crippen molar-refractivity contribution in [3.05, 3.63) is 77.6 Å². The maximum Gasteiger partial charge on any atom is 0.205 e. The van der Waals surface area contributed by atoms with Crippen LogP contribution in [-0.2, 0) is 24.5 Å². The third-order valence-corrected chi connectivity index (χ3v) is 4.75. The fourth-order valence-corrected chi connectivity index (χ4v) is 3.38. The summed E-state index contributed by atoms with van der Waals surface area (Å²) < 4.78 is 14.2. The van der Waals surface area contributed by atoms with E-state index in [9.17, 15) is 0 Å². The van der Waals surface area contributed by atoms with Gasteiger partial charge < -0.3 is 18.9 Å². The van der Waals surface area contributed by atoms with Crippen molar-refractivity contribution in [3.8, 4) is 5.75 Å². The molecule has 2 aromatic carbocycles. The van der Waals surface area contributed by atoms with E-state index in [2.05, 4.69) is 52.0 Å². The van der Waals surface area contributed by atoms with Gasteiger partial charge in [0.15, 0.2) is 0 Å². The van der Waals surface area contributed by atoms with Crippen LogP contribution in [0.2, 0.25) is 0 Å². The molecule has 4 rings (SSSR count). The molecule has 1 atom stereocenters. The van der Waals surface area contributed by atoms with Crippen LogP contribution in [-0.4, -0.2) is 29.2 Å². The van der Waals surface area contributed by atoms with E-state index in [1.54, 1.807) is 0 Å². The van der Waals surface area contributed by atoms with Gasteiger partial charge in [-0.05, 0) is 30.2 Å². The fraction of sp³-hybridized carbons (Fsp3) is 0.318. The Balaban J connectivity index is 1.29. The molecule has 0 saturated carbocycles. The van der Waals surface area contributed by atoms with Gasteiger partial charge in [-0.25, -0.2) is 4.98 Å². The summed E-state index contributed by atoms with van der Waals surface area (Å²) in [4.78, 5) is 6.71. The molecule has 0 aliphatic carbocycles. The van der Waals surface area contributed by atoms with Gasteiger partial charge in [-0.3, -0.25) is 0 Å². The van der Waals surface area contributed by atoms with Crippen molar-refractivity contribution in [2.75, 3.05) is 18.5 Å². The molecule has 0 bridgehead atoms. The van der Waals surface area contributed by atoms with E-state index in [-0.39, 0.29) is 6.10 Å². The molecule has 0 amide bonds. The van der Waals surface area contributed by atoms with Crippen molar-refractivity contribution in [2.24, 2.45) is 0 Å². The number of imidazole rings is 1. The minimum absolute atomic E-state index is 0.158. The smallest absolute Gasteiger partial charge is 0.205 e. The molecule has 5 heteroatoms. The van der Waals surface area contributed by atoms with Gasteiger partial charge in [0.2, 0.25) is 5.95 Å². The van der Waals surface area contributed by atoms with Crippen molar-refractivity contribution in [2.45, 2.75) is 32.8 Å². The molecule has 1 aliphatic heterocycles. The van der Waals surface area contributed by atoms with Crippen molar-refractivity contribution in [1.29, 1.82) is 0 Å². The number of rotatable bonds is 6. The molecular weight excluding hydrogens is 338 g/mol. The highest BCUT2D eigenvalue weighted by atomic mass is 16.5. The number of aryl methyl sites for hydroxylation is 1. The second kappa shape index (κ2) is 7.84. The summed E-state index contributed by atoms with van der Waals surface area (Å²) in [6.45, 7) is 4.90. The summed E-state index contributed by atoms with van der Waals surface area (Å²) >= 11 is 0. The van der Waals surface area contributed by atoms with Gasteiger partial charge in [0.25, 0.3) is 0 Å². The molecular formula is C22H25N3O2. The SMILES string of the molecule is Cc1cn2c(n1)N(C)CC(OCc1ccc(OCc3ccccc3)cc1)C2. The maximum atomic E-state index is 6.14. The average Bonchev–Trinajstić information content (AvgIpc) is 3.07. The molecule has 0 radical (unpaired) electrons. The average molecular weight is 363 g/mol. The number of hydrogen-bond acceptors (Lipinski definition) is 4. The standard InChI is InChI=1S/C22H25N3O2/c1-17-12-25-14-21(13-24(2)22(25)23-17)27-16-19-8-10-20(11-9-19)26-15-18-6-4-3-5-7-18/h3-12,21H,13-16H2,1-2H3. The Morgan fingerprint density at radius 1 is 0.963 bits per heavy atom. The normalized spacial score (nSPS) is 16.2. The number of hydrogen-bond donors (Lipinski definition) is 0. The van der Waals surface area contributed by atoms with Gasteiger partial charge in [-0.2, -0.15) is 0 Å². The highest BCUT2D eigenvalue weighted by molar-refractivity contribution is 5.34. The van der Waals surface area contributed by atoms with Crippen LogP contribution in [0, 0.1) is 6.92 Å². The van der Waals surface area contributed by atoms with Gasteiger partial charge in [0, 0.05) is 19.8 Å². The highest BCUT2D eigenvalue weighted by Gasteiger charge is 2.24. The first-order chi connectivity index (χ1) is 13.2. The number of nitrogens with zero attached hydrogens (tertiary/aromatic N) is 3. The molecule has 1 unspecified atom stereocenters. The summed E-state index contributed by atoms with van der Waals surface area (Å²) in [7, 11) is 2.06. The van der Waals surface area contributed by atoms with Gasteiger partial charge in [0.1, 0.15) is 12.4 Å². The minimum Gasteiger partial charge on any atom is -0.489 e. The summed E-state index contributed by atoms with van der Waals surface area (Å²) in [5.41, 5.74) is 3.36. The summed E-state index contributed by atoms with van der Waals surface area (Å²) in [5, 5.41) is 0. The third kappa shape index (κ3) is 4.31. The number of likely N-dealkylation sites (N-methyl/N-ethyl adjacent to an activating group) is 1. The summed E-state index contributed by atoms with van der Waals surface area (Å²) in [6, 6.07) is 18.3. The lowest BCUT2D eigenvalue weighted by Crippen LogP contribution is -2.40. The second-order valence-electron chi connectivity index (χ2n) is 7.07. The van der Waals surface area contributed by atoms with E-state index >= 15 is 0 Å². The van der Waals surface area contributed by atoms with Gasteiger partial charge in [-0.15, -0.1) is 0 Å². The van der Waals surface area contributed by atoms with Crippen molar-refractivity contribution in [1.82, 2.24) is 9.55 Å². The Kier molecular flexibility index (Phi) is 5.12. The largest absolute Gasteiger partial charge is 0.489 e. The van der Waals surface area contributed by atoms with Crippen molar-refractivity contribution < 1.29 is 9.47 Å². The van der Waals surface area contributed by atoms with Crippen molar-refractivity contribution in [3.63, 3.8) is 0 Å². The van der Waals surface area contributed by atoms with E-state index in [0.717, 1.165) is 36.0 Å². The fourth-order valence-electron chi connectivity index (χ4n) is 3.38. The first-order valence-electron chi connectivity index (χ1n) is 9.29. The Labute approximate surface area is 160 Å². The lowest BCUT2D eigenvalue weighted by molar-refractivity contribution is 0.0295. The molecule has 1 aromatic heterocycles. The predicted octanol–water partition coefficient (Wildman–Crippen LogP) is 3.81. The zero-order valence-corrected chi connectivity index (χ0v) is 15.8. The minimum atomic E-state index is 0.158. The molecule has 3 aromatic rings. The number of aromatic nitrogens is 2. The third-order valence-electron chi connectivity index (χ3n) is 4.75. The topological polar surface area (TPSA) is 39.5 Å². The predicted molar refractivity (Wildman–Crippen MR) is 106 cm³/mol. The van der Waals surface area contributed by atoms with Crippen LogP contribution in [0.5, 0.6) is 5.75 Å². The number of ether oxygens (including phenoxy) is 2. The Morgan fingerprint density at radius 2 is 1.70 bits per heavy atom. The monoisotopic (exact) mass is 363 g/mol. The Hall–Kier alpha value is -2.79. The van der Waals surface area contributed by atoms with E-state index in [1.165, 1.54) is 5.56 Å². The molecule has 0 saturated heterocycles. The van der Waals surface area contributed by atoms with Crippen LogP contribution in [0.25, 0.3) is 0 Å². The zero-order chi connectivity index (χ0) is 18.6. The number of anilines is 1.